The molecule has 2 atom stereocenters. The Hall–Kier alpha value is -1.57. The molecule has 0 aliphatic heterocycles. The van der Waals surface area contributed by atoms with E-state index in [9.17, 15) is 19.8 Å². The Labute approximate surface area is 120 Å². The number of hydrogen-bond donors (Lipinski definition) is 4. The normalized spacial score (nSPS) is 13.8. The van der Waals surface area contributed by atoms with Crippen LogP contribution < -0.4 is 5.73 Å². The standard InChI is InChI=1S/C13H17NO5S/c1-7(15)20-5-4-11(16)12(17)9-3-2-8(14)6-10(9)13(18)19/h2-3,6,11-12,16-17H,4-5,14H2,1H3,(H,18,19). The lowest BCUT2D eigenvalue weighted by Gasteiger charge is -2.19. The Kier molecular flexibility index (Phi) is 6.00. The zero-order chi connectivity index (χ0) is 15.3. The van der Waals surface area contributed by atoms with Crippen molar-refractivity contribution >= 4 is 28.5 Å². The number of nitrogens with two attached hydrogens (primary N) is 1. The van der Waals surface area contributed by atoms with Gasteiger partial charge in [0.25, 0.3) is 0 Å². The number of hydrogen-bond acceptors (Lipinski definition) is 6. The molecule has 1 aromatic carbocycles. The van der Waals surface area contributed by atoms with Gasteiger partial charge in [0.15, 0.2) is 5.12 Å². The Morgan fingerprint density at radius 2 is 2.00 bits per heavy atom. The van der Waals surface area contributed by atoms with Gasteiger partial charge in [-0.3, -0.25) is 4.79 Å². The molecule has 7 heteroatoms. The number of benzene rings is 1. The summed E-state index contributed by atoms with van der Waals surface area (Å²) in [4.78, 5) is 21.9. The Bertz CT molecular complexity index is 506. The van der Waals surface area contributed by atoms with E-state index in [0.717, 1.165) is 11.8 Å². The maximum absolute atomic E-state index is 11.1. The topological polar surface area (TPSA) is 121 Å². The van der Waals surface area contributed by atoms with Gasteiger partial charge in [-0.15, -0.1) is 0 Å². The van der Waals surface area contributed by atoms with Gasteiger partial charge in [-0.2, -0.15) is 0 Å². The Morgan fingerprint density at radius 3 is 2.55 bits per heavy atom. The van der Waals surface area contributed by atoms with Crippen LogP contribution in [0.25, 0.3) is 0 Å². The molecule has 1 rings (SSSR count). The van der Waals surface area contributed by atoms with Crippen molar-refractivity contribution in [3.63, 3.8) is 0 Å². The number of aliphatic hydroxyl groups is 2. The van der Waals surface area contributed by atoms with Gasteiger partial charge in [-0.05, 0) is 24.1 Å². The molecule has 0 spiro atoms. The number of nitrogen functional groups attached to an aromatic ring is 1. The average Bonchev–Trinajstić information content (AvgIpc) is 2.37. The number of carbonyl (C=O) groups is 2. The molecule has 1 aromatic rings. The molecule has 0 fully saturated rings. The van der Waals surface area contributed by atoms with Crippen molar-refractivity contribution in [2.75, 3.05) is 11.5 Å². The summed E-state index contributed by atoms with van der Waals surface area (Å²) in [6, 6.07) is 4.07. The van der Waals surface area contributed by atoms with Crippen LogP contribution in [0.5, 0.6) is 0 Å². The average molecular weight is 299 g/mol. The number of carboxylic acid groups (broad SMARTS) is 1. The van der Waals surface area contributed by atoms with Gasteiger partial charge in [0, 0.05) is 18.4 Å². The minimum Gasteiger partial charge on any atom is -0.478 e. The summed E-state index contributed by atoms with van der Waals surface area (Å²) < 4.78 is 0. The van der Waals surface area contributed by atoms with E-state index in [0.29, 0.717) is 5.75 Å². The van der Waals surface area contributed by atoms with Gasteiger partial charge in [0.1, 0.15) is 6.10 Å². The summed E-state index contributed by atoms with van der Waals surface area (Å²) in [5.41, 5.74) is 5.73. The van der Waals surface area contributed by atoms with Gasteiger partial charge in [0.05, 0.1) is 11.7 Å². The highest BCUT2D eigenvalue weighted by atomic mass is 32.2. The molecule has 0 amide bonds. The van der Waals surface area contributed by atoms with E-state index in [1.54, 1.807) is 0 Å². The number of thioether (sulfide) groups is 1. The van der Waals surface area contributed by atoms with Crippen LogP contribution in [0.2, 0.25) is 0 Å². The predicted octanol–water partition coefficient (Wildman–Crippen LogP) is 1.03. The molecule has 0 saturated heterocycles. The molecule has 5 N–H and O–H groups in total. The first-order chi connectivity index (χ1) is 9.32. The lowest BCUT2D eigenvalue weighted by Crippen LogP contribution is -2.21. The second-order valence-electron chi connectivity index (χ2n) is 4.29. The minimum atomic E-state index is -1.34. The molecular formula is C13H17NO5S. The molecule has 0 aromatic heterocycles. The third kappa shape index (κ3) is 4.52. The number of aromatic carboxylic acids is 1. The smallest absolute Gasteiger partial charge is 0.336 e. The molecule has 6 nitrogen and oxygen atoms in total. The van der Waals surface area contributed by atoms with Gasteiger partial charge < -0.3 is 21.1 Å². The van der Waals surface area contributed by atoms with Gasteiger partial charge >= 0.3 is 5.97 Å². The highest BCUT2D eigenvalue weighted by Crippen LogP contribution is 2.25. The zero-order valence-electron chi connectivity index (χ0n) is 10.9. The molecule has 0 saturated carbocycles. The van der Waals surface area contributed by atoms with Crippen LogP contribution in [0.3, 0.4) is 0 Å². The number of carboxylic acids is 1. The summed E-state index contributed by atoms with van der Waals surface area (Å²) in [5.74, 6) is -0.873. The number of rotatable bonds is 6. The molecule has 0 heterocycles. The van der Waals surface area contributed by atoms with E-state index in [-0.39, 0.29) is 28.4 Å². The Balaban J connectivity index is 2.83. The van der Waals surface area contributed by atoms with E-state index in [4.69, 9.17) is 10.8 Å². The third-order valence-electron chi connectivity index (χ3n) is 2.71. The van der Waals surface area contributed by atoms with Crippen LogP contribution in [0.15, 0.2) is 18.2 Å². The number of aliphatic hydroxyl groups excluding tert-OH is 2. The minimum absolute atomic E-state index is 0.0783. The highest BCUT2D eigenvalue weighted by Gasteiger charge is 2.23. The second-order valence-corrected chi connectivity index (χ2v) is 5.56. The summed E-state index contributed by atoms with van der Waals surface area (Å²) in [6.07, 6.45) is -2.31. The maximum atomic E-state index is 11.1. The van der Waals surface area contributed by atoms with Crippen molar-refractivity contribution in [3.05, 3.63) is 29.3 Å². The first-order valence-electron chi connectivity index (χ1n) is 5.95. The molecule has 20 heavy (non-hydrogen) atoms. The molecule has 0 aliphatic carbocycles. The van der Waals surface area contributed by atoms with E-state index in [1.165, 1.54) is 25.1 Å². The van der Waals surface area contributed by atoms with Crippen molar-refractivity contribution in [3.8, 4) is 0 Å². The number of anilines is 1. The van der Waals surface area contributed by atoms with Crippen molar-refractivity contribution < 1.29 is 24.9 Å². The molecule has 2 unspecified atom stereocenters. The van der Waals surface area contributed by atoms with Crippen LogP contribution in [0.4, 0.5) is 5.69 Å². The maximum Gasteiger partial charge on any atom is 0.336 e. The molecular weight excluding hydrogens is 282 g/mol. The summed E-state index contributed by atoms with van der Waals surface area (Å²) in [7, 11) is 0. The zero-order valence-corrected chi connectivity index (χ0v) is 11.8. The van der Waals surface area contributed by atoms with Crippen LogP contribution >= 0.6 is 11.8 Å². The van der Waals surface area contributed by atoms with E-state index >= 15 is 0 Å². The first kappa shape index (κ1) is 16.5. The molecule has 0 radical (unpaired) electrons. The van der Waals surface area contributed by atoms with Crippen LogP contribution in [-0.4, -0.2) is 38.3 Å². The predicted molar refractivity (Wildman–Crippen MR) is 76.5 cm³/mol. The van der Waals surface area contributed by atoms with Crippen LogP contribution in [-0.2, 0) is 4.79 Å². The van der Waals surface area contributed by atoms with Gasteiger partial charge in [-0.25, -0.2) is 4.79 Å². The molecule has 0 aliphatic rings. The van der Waals surface area contributed by atoms with Crippen molar-refractivity contribution in [1.29, 1.82) is 0 Å². The third-order valence-corrected chi connectivity index (χ3v) is 3.56. The van der Waals surface area contributed by atoms with Gasteiger partial charge in [-0.1, -0.05) is 17.8 Å². The van der Waals surface area contributed by atoms with Crippen molar-refractivity contribution in [2.24, 2.45) is 0 Å². The largest absolute Gasteiger partial charge is 0.478 e. The van der Waals surface area contributed by atoms with Crippen molar-refractivity contribution in [2.45, 2.75) is 25.6 Å². The molecule has 110 valence electrons. The lowest BCUT2D eigenvalue weighted by atomic mass is 9.97. The van der Waals surface area contributed by atoms with Gasteiger partial charge in [0.2, 0.25) is 0 Å². The van der Waals surface area contributed by atoms with Crippen LogP contribution in [0.1, 0.15) is 35.4 Å². The van der Waals surface area contributed by atoms with Crippen molar-refractivity contribution in [1.82, 2.24) is 0 Å². The van der Waals surface area contributed by atoms with Crippen LogP contribution in [0, 0.1) is 0 Å². The molecule has 0 bridgehead atoms. The summed E-state index contributed by atoms with van der Waals surface area (Å²) in [5, 5.41) is 28.9. The Morgan fingerprint density at radius 1 is 1.35 bits per heavy atom. The SMILES string of the molecule is CC(=O)SCCC(O)C(O)c1ccc(N)cc1C(=O)O. The summed E-state index contributed by atoms with van der Waals surface area (Å²) in [6.45, 7) is 1.41. The lowest BCUT2D eigenvalue weighted by molar-refractivity contribution is -0.109. The first-order valence-corrected chi connectivity index (χ1v) is 6.93. The second kappa shape index (κ2) is 7.28. The highest BCUT2D eigenvalue weighted by molar-refractivity contribution is 8.13. The fourth-order valence-corrected chi connectivity index (χ4v) is 2.35. The number of carbonyl (C=O) groups excluding carboxylic acids is 1. The van der Waals surface area contributed by atoms with E-state index < -0.39 is 18.2 Å². The quantitative estimate of drug-likeness (QED) is 0.579. The fourth-order valence-electron chi connectivity index (χ4n) is 1.71. The fraction of sp³-hybridized carbons (Fsp3) is 0.385. The van der Waals surface area contributed by atoms with E-state index in [1.807, 2.05) is 0 Å². The summed E-state index contributed by atoms with van der Waals surface area (Å²) >= 11 is 1.04. The van der Waals surface area contributed by atoms with E-state index in [2.05, 4.69) is 0 Å². The monoisotopic (exact) mass is 299 g/mol.